The summed E-state index contributed by atoms with van der Waals surface area (Å²) < 4.78 is 67.9. The van der Waals surface area contributed by atoms with Gasteiger partial charge >= 0.3 is 11.9 Å². The molecule has 2 atom stereocenters. The van der Waals surface area contributed by atoms with E-state index in [0.717, 1.165) is 48.7 Å². The number of nitriles is 1. The molecule has 0 bridgehead atoms. The van der Waals surface area contributed by atoms with E-state index >= 15 is 0 Å². The summed E-state index contributed by atoms with van der Waals surface area (Å²) in [5.74, 6) is -2.63. The van der Waals surface area contributed by atoms with Crippen LogP contribution in [-0.2, 0) is 17.4 Å². The molecule has 0 aliphatic carbocycles. The fraction of sp³-hybridized carbons (Fsp3) is 0.192. The van der Waals surface area contributed by atoms with Crippen molar-refractivity contribution in [3.05, 3.63) is 110 Å². The monoisotopic (exact) mass is 543 g/mol. The van der Waals surface area contributed by atoms with Gasteiger partial charge in [0.05, 0.1) is 33.8 Å². The van der Waals surface area contributed by atoms with E-state index in [9.17, 15) is 36.3 Å². The van der Waals surface area contributed by atoms with Crippen molar-refractivity contribution in [2.45, 2.75) is 31.6 Å². The van der Waals surface area contributed by atoms with Crippen LogP contribution in [0.3, 0.4) is 0 Å². The normalized spacial score (nSPS) is 13.1. The van der Waals surface area contributed by atoms with Crippen molar-refractivity contribution in [2.75, 3.05) is 0 Å². The maximum atomic E-state index is 14.5. The van der Waals surface area contributed by atoms with Crippen LogP contribution in [0.2, 0.25) is 0 Å². The van der Waals surface area contributed by atoms with Crippen LogP contribution in [0.15, 0.2) is 64.3 Å². The first-order valence-corrected chi connectivity index (χ1v) is 11.3. The lowest BCUT2D eigenvalue weighted by molar-refractivity contribution is -0.137. The zero-order valence-corrected chi connectivity index (χ0v) is 20.0. The predicted octanol–water partition coefficient (Wildman–Crippen LogP) is 3.91. The summed E-state index contributed by atoms with van der Waals surface area (Å²) in [5.41, 5.74) is -3.11. The van der Waals surface area contributed by atoms with Crippen LogP contribution in [0, 0.1) is 23.0 Å². The molecule has 2 aromatic carbocycles. The second-order valence-corrected chi connectivity index (χ2v) is 8.64. The lowest BCUT2D eigenvalue weighted by atomic mass is 10.0. The third-order valence-corrected chi connectivity index (χ3v) is 5.98. The van der Waals surface area contributed by atoms with Gasteiger partial charge in [0.2, 0.25) is 5.91 Å². The summed E-state index contributed by atoms with van der Waals surface area (Å²) in [4.78, 5) is 45.8. The van der Waals surface area contributed by atoms with Gasteiger partial charge in [-0.1, -0.05) is 12.1 Å². The first-order valence-electron chi connectivity index (χ1n) is 11.3. The Labute approximate surface area is 216 Å². The van der Waals surface area contributed by atoms with Crippen LogP contribution in [0.1, 0.15) is 41.4 Å². The van der Waals surface area contributed by atoms with Crippen molar-refractivity contribution in [2.24, 2.45) is 0 Å². The Morgan fingerprint density at radius 2 is 1.82 bits per heavy atom. The Morgan fingerprint density at radius 3 is 2.44 bits per heavy atom. The molecule has 8 nitrogen and oxygen atoms in total. The number of rotatable bonds is 6. The average Bonchev–Trinajstić information content (AvgIpc) is 2.88. The topological polar surface area (TPSA) is 121 Å². The number of aromatic nitrogens is 3. The molecule has 2 heterocycles. The van der Waals surface area contributed by atoms with Gasteiger partial charge in [-0.05, 0) is 48.9 Å². The molecule has 4 rings (SSSR count). The van der Waals surface area contributed by atoms with Crippen LogP contribution in [-0.4, -0.2) is 20.4 Å². The fourth-order valence-electron chi connectivity index (χ4n) is 4.04. The molecular weight excluding hydrogens is 525 g/mol. The lowest BCUT2D eigenvalue weighted by Crippen LogP contribution is -2.46. The molecule has 0 aliphatic heterocycles. The number of fused-ring (bicyclic) bond motifs is 1. The van der Waals surface area contributed by atoms with E-state index in [-0.39, 0.29) is 27.7 Å². The summed E-state index contributed by atoms with van der Waals surface area (Å²) in [6.07, 6.45) is -3.93. The summed E-state index contributed by atoms with van der Waals surface area (Å²) in [7, 11) is 0. The number of carbonyl (C=O) groups excluding carboxylic acids is 1. The zero-order valence-electron chi connectivity index (χ0n) is 20.0. The van der Waals surface area contributed by atoms with E-state index in [4.69, 9.17) is 5.26 Å². The smallest absolute Gasteiger partial charge is 0.346 e. The molecule has 0 saturated heterocycles. The molecule has 0 aliphatic rings. The van der Waals surface area contributed by atoms with Gasteiger partial charge in [0.1, 0.15) is 23.7 Å². The Balaban J connectivity index is 1.77. The fourth-order valence-corrected chi connectivity index (χ4v) is 4.04. The van der Waals surface area contributed by atoms with Crippen molar-refractivity contribution in [1.82, 2.24) is 19.9 Å². The summed E-state index contributed by atoms with van der Waals surface area (Å²) in [6, 6.07) is 6.72. The highest BCUT2D eigenvalue weighted by Gasteiger charge is 2.31. The number of halogens is 5. The Kier molecular flexibility index (Phi) is 7.31. The van der Waals surface area contributed by atoms with Crippen molar-refractivity contribution >= 4 is 16.8 Å². The van der Waals surface area contributed by atoms with Crippen LogP contribution in [0.5, 0.6) is 0 Å². The van der Waals surface area contributed by atoms with Gasteiger partial charge in [-0.25, -0.2) is 18.1 Å². The van der Waals surface area contributed by atoms with Gasteiger partial charge in [0.15, 0.2) is 0 Å². The minimum atomic E-state index is -4.61. The van der Waals surface area contributed by atoms with Gasteiger partial charge in [-0.15, -0.1) is 0 Å². The summed E-state index contributed by atoms with van der Waals surface area (Å²) in [6.45, 7) is 1.37. The highest BCUT2D eigenvalue weighted by molar-refractivity contribution is 5.82. The van der Waals surface area contributed by atoms with E-state index in [2.05, 4.69) is 15.3 Å². The van der Waals surface area contributed by atoms with Gasteiger partial charge in [0.25, 0.3) is 5.56 Å². The summed E-state index contributed by atoms with van der Waals surface area (Å²) in [5, 5.41) is 11.1. The molecule has 39 heavy (non-hydrogen) atoms. The number of pyridine rings is 1. The molecule has 2 aromatic heterocycles. The molecule has 0 fully saturated rings. The number of carbonyl (C=O) groups is 1. The highest BCUT2D eigenvalue weighted by atomic mass is 19.4. The Hall–Kier alpha value is -4.86. The molecule has 2 N–H and O–H groups in total. The van der Waals surface area contributed by atoms with E-state index in [1.807, 2.05) is 0 Å². The number of benzene rings is 2. The summed E-state index contributed by atoms with van der Waals surface area (Å²) >= 11 is 0. The van der Waals surface area contributed by atoms with E-state index in [1.165, 1.54) is 13.0 Å². The highest BCUT2D eigenvalue weighted by Crippen LogP contribution is 2.29. The number of hydrogen-bond donors (Lipinski definition) is 2. The molecule has 0 unspecified atom stereocenters. The van der Waals surface area contributed by atoms with E-state index in [0.29, 0.717) is 4.57 Å². The number of amides is 1. The minimum absolute atomic E-state index is 0.00793. The van der Waals surface area contributed by atoms with Gasteiger partial charge in [-0.2, -0.15) is 18.4 Å². The SMILES string of the molecule is C[C@H](NC(=O)[C@H](Cc1ccc(C(F)(F)F)cc1)n1c(=O)[nH]c2ccc(F)cc2c1=O)c1ncc(C#N)cc1F. The number of nitrogens with one attached hydrogen (secondary N) is 2. The van der Waals surface area contributed by atoms with Crippen LogP contribution in [0.4, 0.5) is 22.0 Å². The lowest BCUT2D eigenvalue weighted by Gasteiger charge is -2.22. The Bertz CT molecular complexity index is 1720. The standard InChI is InChI=1S/C26H18F5N5O3/c1-13(22-19(28)8-15(11-32)12-33-22)34-23(37)21(9-14-2-4-16(5-3-14)26(29,30)31)36-24(38)18-10-17(27)6-7-20(18)35-25(36)39/h2-8,10,12-13,21H,9H2,1H3,(H,34,37)(H,35,39)/t13-,21-/m0/s1. The van der Waals surface area contributed by atoms with E-state index in [1.54, 1.807) is 6.07 Å². The molecule has 1 amide bonds. The van der Waals surface area contributed by atoms with Gasteiger partial charge in [0, 0.05) is 12.6 Å². The number of H-pyrrole nitrogens is 1. The minimum Gasteiger partial charge on any atom is -0.346 e. The number of alkyl halides is 3. The predicted molar refractivity (Wildman–Crippen MR) is 128 cm³/mol. The maximum Gasteiger partial charge on any atom is 0.416 e. The van der Waals surface area contributed by atoms with Crippen molar-refractivity contribution in [1.29, 1.82) is 5.26 Å². The van der Waals surface area contributed by atoms with E-state index < -0.39 is 59.0 Å². The molecule has 200 valence electrons. The number of aromatic amines is 1. The maximum absolute atomic E-state index is 14.5. The first-order chi connectivity index (χ1) is 18.4. The van der Waals surface area contributed by atoms with Crippen LogP contribution in [0.25, 0.3) is 10.9 Å². The van der Waals surface area contributed by atoms with Crippen LogP contribution < -0.4 is 16.6 Å². The largest absolute Gasteiger partial charge is 0.416 e. The second kappa shape index (κ2) is 10.5. The molecule has 0 radical (unpaired) electrons. The molecule has 0 spiro atoms. The molecular formula is C26H18F5N5O3. The van der Waals surface area contributed by atoms with Crippen molar-refractivity contribution in [3.8, 4) is 6.07 Å². The zero-order chi connectivity index (χ0) is 28.5. The first kappa shape index (κ1) is 27.2. The average molecular weight is 543 g/mol. The number of nitrogens with zero attached hydrogens (tertiary/aromatic N) is 3. The molecule has 13 heteroatoms. The van der Waals surface area contributed by atoms with Gasteiger partial charge in [-0.3, -0.25) is 14.6 Å². The van der Waals surface area contributed by atoms with Gasteiger partial charge < -0.3 is 10.3 Å². The molecule has 0 saturated carbocycles. The second-order valence-electron chi connectivity index (χ2n) is 8.64. The Morgan fingerprint density at radius 1 is 1.13 bits per heavy atom. The van der Waals surface area contributed by atoms with Crippen molar-refractivity contribution < 1.29 is 26.7 Å². The van der Waals surface area contributed by atoms with Crippen molar-refractivity contribution in [3.63, 3.8) is 0 Å². The third kappa shape index (κ3) is 5.69. The number of hydrogen-bond acceptors (Lipinski definition) is 5. The third-order valence-electron chi connectivity index (χ3n) is 5.98. The molecule has 4 aromatic rings. The van der Waals surface area contributed by atoms with Crippen LogP contribution >= 0.6 is 0 Å². The quantitative estimate of drug-likeness (QED) is 0.357.